The van der Waals surface area contributed by atoms with Gasteiger partial charge in [0.05, 0.1) is 6.61 Å². The number of carbonyl (C=O) groups is 1. The van der Waals surface area contributed by atoms with Crippen LogP contribution in [0.5, 0.6) is 5.75 Å². The summed E-state index contributed by atoms with van der Waals surface area (Å²) >= 11 is 5.35. The van der Waals surface area contributed by atoms with Gasteiger partial charge in [-0.3, -0.25) is 14.5 Å². The second kappa shape index (κ2) is 10.7. The molecule has 2 N–H and O–H groups in total. The molecule has 0 aliphatic heterocycles. The maximum Gasteiger partial charge on any atom is 0.222 e. The minimum Gasteiger partial charge on any atom is -0.494 e. The molecule has 0 saturated carbocycles. The van der Waals surface area contributed by atoms with Crippen LogP contribution in [-0.2, 0) is 17.9 Å². The Morgan fingerprint density at radius 1 is 1.23 bits per heavy atom. The highest BCUT2D eigenvalue weighted by Crippen LogP contribution is 2.18. The van der Waals surface area contributed by atoms with E-state index >= 15 is 0 Å². The van der Waals surface area contributed by atoms with Crippen LogP contribution in [0.4, 0.5) is 0 Å². The molecular formula is C23H28N4O2S. The number of unbranched alkanes of at least 4 members (excludes halogenated alkanes) is 1. The minimum atomic E-state index is -0.0368. The summed E-state index contributed by atoms with van der Waals surface area (Å²) in [4.78, 5) is 12.4. The Hall–Kier alpha value is -2.93. The topological polar surface area (TPSA) is 71.9 Å². The number of aromatic amines is 1. The van der Waals surface area contributed by atoms with Crippen molar-refractivity contribution in [2.24, 2.45) is 0 Å². The molecule has 3 aromatic rings. The number of aromatic nitrogens is 3. The molecule has 30 heavy (non-hydrogen) atoms. The summed E-state index contributed by atoms with van der Waals surface area (Å²) < 4.78 is 8.10. The van der Waals surface area contributed by atoms with Gasteiger partial charge in [-0.1, -0.05) is 55.3 Å². The van der Waals surface area contributed by atoms with Gasteiger partial charge in [-0.05, 0) is 43.3 Å². The predicted octanol–water partition coefficient (Wildman–Crippen LogP) is 4.80. The zero-order chi connectivity index (χ0) is 21.3. The monoisotopic (exact) mass is 424 g/mol. The third kappa shape index (κ3) is 6.03. The Labute approximate surface area is 182 Å². The molecule has 0 bridgehead atoms. The zero-order valence-corrected chi connectivity index (χ0v) is 18.3. The Morgan fingerprint density at radius 2 is 2.03 bits per heavy atom. The molecule has 0 aliphatic carbocycles. The van der Waals surface area contributed by atoms with Crippen molar-refractivity contribution in [2.75, 3.05) is 6.61 Å². The number of aryl methyl sites for hydroxylation is 1. The molecule has 0 unspecified atom stereocenters. The van der Waals surface area contributed by atoms with Crippen LogP contribution in [0.15, 0.2) is 48.5 Å². The zero-order valence-electron chi connectivity index (χ0n) is 17.5. The largest absolute Gasteiger partial charge is 0.494 e. The average molecular weight is 425 g/mol. The van der Waals surface area contributed by atoms with Crippen LogP contribution < -0.4 is 10.1 Å². The second-order valence-electron chi connectivity index (χ2n) is 7.25. The van der Waals surface area contributed by atoms with E-state index in [2.05, 4.69) is 22.4 Å². The number of carbonyl (C=O) groups excluding carboxylic acids is 1. The molecule has 3 rings (SSSR count). The number of hydrogen-bond acceptors (Lipinski definition) is 4. The first kappa shape index (κ1) is 21.8. The molecule has 1 amide bonds. The van der Waals surface area contributed by atoms with Crippen molar-refractivity contribution in [1.82, 2.24) is 20.1 Å². The van der Waals surface area contributed by atoms with Crippen LogP contribution >= 0.6 is 12.2 Å². The molecule has 0 fully saturated rings. The quantitative estimate of drug-likeness (QED) is 0.362. The van der Waals surface area contributed by atoms with Crippen LogP contribution in [0, 0.1) is 11.7 Å². The maximum atomic E-state index is 12.4. The van der Waals surface area contributed by atoms with E-state index in [0.29, 0.717) is 30.9 Å². The fraction of sp³-hybridized carbons (Fsp3) is 0.348. The lowest BCUT2D eigenvalue weighted by Gasteiger charge is -2.10. The first-order valence-electron chi connectivity index (χ1n) is 10.3. The van der Waals surface area contributed by atoms with E-state index < -0.39 is 0 Å². The van der Waals surface area contributed by atoms with Crippen molar-refractivity contribution in [2.45, 2.75) is 46.2 Å². The predicted molar refractivity (Wildman–Crippen MR) is 121 cm³/mol. The van der Waals surface area contributed by atoms with Crippen molar-refractivity contribution >= 4 is 18.1 Å². The van der Waals surface area contributed by atoms with E-state index in [1.807, 2.05) is 60.0 Å². The van der Waals surface area contributed by atoms with E-state index in [1.165, 1.54) is 5.56 Å². The number of nitrogens with zero attached hydrogens (tertiary/aromatic N) is 2. The van der Waals surface area contributed by atoms with Gasteiger partial charge in [-0.15, -0.1) is 0 Å². The van der Waals surface area contributed by atoms with Crippen LogP contribution in [-0.4, -0.2) is 27.3 Å². The van der Waals surface area contributed by atoms with Crippen molar-refractivity contribution in [3.05, 3.63) is 64.4 Å². The summed E-state index contributed by atoms with van der Waals surface area (Å²) in [6.45, 7) is 5.81. The van der Waals surface area contributed by atoms with Crippen LogP contribution in [0.25, 0.3) is 11.4 Å². The molecule has 2 aromatic carbocycles. The van der Waals surface area contributed by atoms with Crippen molar-refractivity contribution < 1.29 is 9.53 Å². The van der Waals surface area contributed by atoms with E-state index in [1.54, 1.807) is 0 Å². The summed E-state index contributed by atoms with van der Waals surface area (Å²) in [6, 6.07) is 15.9. The SMILES string of the molecule is CCCCOc1cccc(CNC(=O)CCn2c(-c3ccc(C)cc3)n[nH]c2=S)c1. The van der Waals surface area contributed by atoms with E-state index in [0.717, 1.165) is 35.5 Å². The molecule has 1 aromatic heterocycles. The van der Waals surface area contributed by atoms with Gasteiger partial charge in [-0.2, -0.15) is 5.10 Å². The van der Waals surface area contributed by atoms with Gasteiger partial charge in [0.2, 0.25) is 5.91 Å². The highest BCUT2D eigenvalue weighted by Gasteiger charge is 2.11. The number of H-pyrrole nitrogens is 1. The van der Waals surface area contributed by atoms with E-state index in [9.17, 15) is 4.79 Å². The lowest BCUT2D eigenvalue weighted by atomic mass is 10.1. The first-order chi connectivity index (χ1) is 14.6. The molecule has 1 heterocycles. The third-order valence-corrected chi connectivity index (χ3v) is 5.10. The lowest BCUT2D eigenvalue weighted by molar-refractivity contribution is -0.121. The third-order valence-electron chi connectivity index (χ3n) is 4.79. The Bertz CT molecular complexity index is 1020. The van der Waals surface area contributed by atoms with Gasteiger partial charge in [-0.25, -0.2) is 0 Å². The normalized spacial score (nSPS) is 10.7. The van der Waals surface area contributed by atoms with Crippen LogP contribution in [0.2, 0.25) is 0 Å². The van der Waals surface area contributed by atoms with Gasteiger partial charge < -0.3 is 10.1 Å². The first-order valence-corrected chi connectivity index (χ1v) is 10.7. The molecule has 7 heteroatoms. The minimum absolute atomic E-state index is 0.0368. The summed E-state index contributed by atoms with van der Waals surface area (Å²) in [5.74, 6) is 1.54. The van der Waals surface area contributed by atoms with E-state index in [-0.39, 0.29) is 5.91 Å². The fourth-order valence-electron chi connectivity index (χ4n) is 3.03. The lowest BCUT2D eigenvalue weighted by Crippen LogP contribution is -2.24. The Morgan fingerprint density at radius 3 is 2.80 bits per heavy atom. The summed E-state index contributed by atoms with van der Waals surface area (Å²) in [5.41, 5.74) is 3.16. The van der Waals surface area contributed by atoms with E-state index in [4.69, 9.17) is 17.0 Å². The van der Waals surface area contributed by atoms with Gasteiger partial charge in [0.1, 0.15) is 5.75 Å². The average Bonchev–Trinajstić information content (AvgIpc) is 3.12. The number of nitrogens with one attached hydrogen (secondary N) is 2. The second-order valence-corrected chi connectivity index (χ2v) is 7.63. The highest BCUT2D eigenvalue weighted by atomic mass is 32.1. The van der Waals surface area contributed by atoms with Crippen molar-refractivity contribution in [3.63, 3.8) is 0 Å². The molecule has 0 atom stereocenters. The fourth-order valence-corrected chi connectivity index (χ4v) is 3.25. The molecule has 0 aliphatic rings. The summed E-state index contributed by atoms with van der Waals surface area (Å²) in [7, 11) is 0. The number of amides is 1. The molecule has 0 radical (unpaired) electrons. The molecule has 0 spiro atoms. The standard InChI is InChI=1S/C23H28N4O2S/c1-3-4-14-29-20-7-5-6-18(15-20)16-24-21(28)12-13-27-22(25-26-23(27)30)19-10-8-17(2)9-11-19/h5-11,15H,3-4,12-14,16H2,1-2H3,(H,24,28)(H,26,30). The smallest absolute Gasteiger partial charge is 0.222 e. The number of benzene rings is 2. The molecule has 6 nitrogen and oxygen atoms in total. The van der Waals surface area contributed by atoms with Crippen LogP contribution in [0.3, 0.4) is 0 Å². The van der Waals surface area contributed by atoms with Gasteiger partial charge in [0.15, 0.2) is 10.6 Å². The molecular weight excluding hydrogens is 396 g/mol. The number of hydrogen-bond donors (Lipinski definition) is 2. The van der Waals surface area contributed by atoms with Gasteiger partial charge in [0.25, 0.3) is 0 Å². The highest BCUT2D eigenvalue weighted by molar-refractivity contribution is 7.71. The molecule has 0 saturated heterocycles. The van der Waals surface area contributed by atoms with Crippen molar-refractivity contribution in [1.29, 1.82) is 0 Å². The van der Waals surface area contributed by atoms with Crippen molar-refractivity contribution in [3.8, 4) is 17.1 Å². The molecule has 158 valence electrons. The number of rotatable bonds is 10. The Balaban J connectivity index is 1.54. The van der Waals surface area contributed by atoms with Crippen LogP contribution in [0.1, 0.15) is 37.3 Å². The van der Waals surface area contributed by atoms with Gasteiger partial charge >= 0.3 is 0 Å². The van der Waals surface area contributed by atoms with Gasteiger partial charge in [0, 0.05) is 25.1 Å². The maximum absolute atomic E-state index is 12.4. The Kier molecular flexibility index (Phi) is 7.79. The number of ether oxygens (including phenoxy) is 1. The summed E-state index contributed by atoms with van der Waals surface area (Å²) in [5, 5.41) is 10.1. The summed E-state index contributed by atoms with van der Waals surface area (Å²) in [6.07, 6.45) is 2.45.